The van der Waals surface area contributed by atoms with Crippen molar-refractivity contribution in [2.45, 2.75) is 45.4 Å². The molecular weight excluding hydrogens is 320 g/mol. The Labute approximate surface area is 147 Å². The molecule has 0 atom stereocenters. The third kappa shape index (κ3) is 4.38. The average molecular weight is 344 g/mol. The molecule has 134 valence electrons. The second-order valence-corrected chi connectivity index (χ2v) is 6.56. The van der Waals surface area contributed by atoms with E-state index in [0.717, 1.165) is 43.5 Å². The van der Waals surface area contributed by atoms with Crippen molar-refractivity contribution in [3.05, 3.63) is 23.8 Å². The molecule has 3 rings (SSSR count). The molecular formula is C19H24N2O4. The normalized spacial score (nSPS) is 16.1. The fraction of sp³-hybridized carbons (Fsp3) is 0.526. The number of nitrogens with one attached hydrogen (secondary N) is 1. The summed E-state index contributed by atoms with van der Waals surface area (Å²) >= 11 is 0. The van der Waals surface area contributed by atoms with E-state index in [4.69, 9.17) is 4.74 Å². The number of benzene rings is 1. The number of hydrogen-bond donors (Lipinski definition) is 1. The summed E-state index contributed by atoms with van der Waals surface area (Å²) in [5.41, 5.74) is 2.75. The molecule has 0 unspecified atom stereocenters. The van der Waals surface area contributed by atoms with Gasteiger partial charge in [-0.05, 0) is 56.4 Å². The summed E-state index contributed by atoms with van der Waals surface area (Å²) in [7, 11) is 0. The lowest BCUT2D eigenvalue weighted by Gasteiger charge is -2.30. The topological polar surface area (TPSA) is 75.7 Å². The van der Waals surface area contributed by atoms with Crippen LogP contribution in [0.1, 0.15) is 44.6 Å². The lowest BCUT2D eigenvalue weighted by atomic mass is 10.0. The molecule has 1 heterocycles. The second kappa shape index (κ2) is 7.68. The van der Waals surface area contributed by atoms with E-state index in [1.54, 1.807) is 6.92 Å². The fourth-order valence-corrected chi connectivity index (χ4v) is 3.13. The van der Waals surface area contributed by atoms with Crippen LogP contribution in [0.4, 0.5) is 11.4 Å². The molecule has 6 heteroatoms. The standard InChI is InChI=1S/C19H24N2O4/c1-2-25-18(23)10-9-17(22)20-15-7-8-16-14(12-15)4-3-11-21(16)19(24)13-5-6-13/h7-8,12-13H,2-6,9-11H2,1H3,(H,20,22). The zero-order valence-corrected chi connectivity index (χ0v) is 14.5. The van der Waals surface area contributed by atoms with E-state index in [1.165, 1.54) is 0 Å². The summed E-state index contributed by atoms with van der Waals surface area (Å²) in [5.74, 6) is -0.146. The maximum Gasteiger partial charge on any atom is 0.306 e. The van der Waals surface area contributed by atoms with Gasteiger partial charge in [0.15, 0.2) is 0 Å². The van der Waals surface area contributed by atoms with Gasteiger partial charge in [0.2, 0.25) is 11.8 Å². The summed E-state index contributed by atoms with van der Waals surface area (Å²) in [4.78, 5) is 37.6. The van der Waals surface area contributed by atoms with Crippen molar-refractivity contribution in [1.29, 1.82) is 0 Å². The molecule has 2 aliphatic rings. The van der Waals surface area contributed by atoms with E-state index in [2.05, 4.69) is 5.32 Å². The van der Waals surface area contributed by atoms with Crippen LogP contribution in [0, 0.1) is 5.92 Å². The van der Waals surface area contributed by atoms with Crippen molar-refractivity contribution in [2.75, 3.05) is 23.4 Å². The van der Waals surface area contributed by atoms with Crippen molar-refractivity contribution in [1.82, 2.24) is 0 Å². The number of amides is 2. The maximum absolute atomic E-state index is 12.4. The quantitative estimate of drug-likeness (QED) is 0.805. The molecule has 0 aromatic heterocycles. The largest absolute Gasteiger partial charge is 0.466 e. The molecule has 1 aliphatic heterocycles. The molecule has 1 fully saturated rings. The molecule has 0 spiro atoms. The number of anilines is 2. The van der Waals surface area contributed by atoms with E-state index in [-0.39, 0.29) is 36.5 Å². The highest BCUT2D eigenvalue weighted by molar-refractivity contribution is 5.98. The first-order valence-corrected chi connectivity index (χ1v) is 8.98. The van der Waals surface area contributed by atoms with Crippen LogP contribution < -0.4 is 10.2 Å². The van der Waals surface area contributed by atoms with Crippen molar-refractivity contribution < 1.29 is 19.1 Å². The van der Waals surface area contributed by atoms with Gasteiger partial charge in [-0.25, -0.2) is 0 Å². The van der Waals surface area contributed by atoms with Gasteiger partial charge in [0.1, 0.15) is 0 Å². The van der Waals surface area contributed by atoms with Crippen molar-refractivity contribution in [3.8, 4) is 0 Å². The minimum absolute atomic E-state index is 0.0777. The van der Waals surface area contributed by atoms with Crippen LogP contribution in [0.25, 0.3) is 0 Å². The SMILES string of the molecule is CCOC(=O)CCC(=O)Nc1ccc2c(c1)CCCN2C(=O)C1CC1. The molecule has 0 radical (unpaired) electrons. The van der Waals surface area contributed by atoms with Crippen LogP contribution in [-0.2, 0) is 25.5 Å². The third-order valence-electron chi connectivity index (χ3n) is 4.54. The molecule has 0 bridgehead atoms. The molecule has 1 aliphatic carbocycles. The monoisotopic (exact) mass is 344 g/mol. The van der Waals surface area contributed by atoms with Gasteiger partial charge >= 0.3 is 5.97 Å². The number of carbonyl (C=O) groups excluding carboxylic acids is 3. The lowest BCUT2D eigenvalue weighted by molar-refractivity contribution is -0.144. The Bertz CT molecular complexity index is 682. The van der Waals surface area contributed by atoms with Gasteiger partial charge in [-0.15, -0.1) is 0 Å². The van der Waals surface area contributed by atoms with E-state index < -0.39 is 0 Å². The summed E-state index contributed by atoms with van der Waals surface area (Å²) in [6, 6.07) is 5.67. The van der Waals surface area contributed by atoms with Gasteiger partial charge in [0.05, 0.1) is 13.0 Å². The molecule has 0 saturated heterocycles. The predicted molar refractivity (Wildman–Crippen MR) is 94.3 cm³/mol. The Balaban J connectivity index is 1.61. The minimum atomic E-state index is -0.364. The molecule has 1 aromatic rings. The van der Waals surface area contributed by atoms with E-state index >= 15 is 0 Å². The highest BCUT2D eigenvalue weighted by Crippen LogP contribution is 2.36. The van der Waals surface area contributed by atoms with Crippen LogP contribution in [0.3, 0.4) is 0 Å². The van der Waals surface area contributed by atoms with Gasteiger partial charge in [-0.3, -0.25) is 14.4 Å². The first-order valence-electron chi connectivity index (χ1n) is 8.98. The fourth-order valence-electron chi connectivity index (χ4n) is 3.13. The Kier molecular flexibility index (Phi) is 5.36. The molecule has 1 N–H and O–H groups in total. The van der Waals surface area contributed by atoms with Crippen LogP contribution in [-0.4, -0.2) is 30.9 Å². The van der Waals surface area contributed by atoms with E-state index in [1.807, 2.05) is 23.1 Å². The third-order valence-corrected chi connectivity index (χ3v) is 4.54. The van der Waals surface area contributed by atoms with Crippen molar-refractivity contribution in [3.63, 3.8) is 0 Å². The number of hydrogen-bond acceptors (Lipinski definition) is 4. The number of aryl methyl sites for hydroxylation is 1. The smallest absolute Gasteiger partial charge is 0.306 e. The average Bonchev–Trinajstić information content (AvgIpc) is 3.44. The van der Waals surface area contributed by atoms with Crippen LogP contribution >= 0.6 is 0 Å². The first kappa shape index (κ1) is 17.5. The van der Waals surface area contributed by atoms with Gasteiger partial charge in [0, 0.05) is 30.3 Å². The molecule has 2 amide bonds. The zero-order valence-electron chi connectivity index (χ0n) is 14.5. The number of ether oxygens (including phenoxy) is 1. The summed E-state index contributed by atoms with van der Waals surface area (Å²) < 4.78 is 4.82. The first-order chi connectivity index (χ1) is 12.1. The minimum Gasteiger partial charge on any atom is -0.466 e. The number of carbonyl (C=O) groups is 3. The summed E-state index contributed by atoms with van der Waals surface area (Å²) in [6.45, 7) is 2.83. The lowest BCUT2D eigenvalue weighted by Crippen LogP contribution is -2.36. The number of nitrogens with zero attached hydrogens (tertiary/aromatic N) is 1. The maximum atomic E-state index is 12.4. The Morgan fingerprint density at radius 2 is 2.04 bits per heavy atom. The molecule has 1 saturated carbocycles. The number of esters is 1. The van der Waals surface area contributed by atoms with Crippen molar-refractivity contribution >= 4 is 29.2 Å². The van der Waals surface area contributed by atoms with Crippen LogP contribution in [0.2, 0.25) is 0 Å². The summed E-state index contributed by atoms with van der Waals surface area (Å²) in [5, 5.41) is 2.82. The summed E-state index contributed by atoms with van der Waals surface area (Å²) in [6.07, 6.45) is 4.01. The van der Waals surface area contributed by atoms with Crippen LogP contribution in [0.15, 0.2) is 18.2 Å². The second-order valence-electron chi connectivity index (χ2n) is 6.56. The Hall–Kier alpha value is -2.37. The molecule has 25 heavy (non-hydrogen) atoms. The van der Waals surface area contributed by atoms with Crippen LogP contribution in [0.5, 0.6) is 0 Å². The number of rotatable bonds is 6. The highest BCUT2D eigenvalue weighted by Gasteiger charge is 2.35. The van der Waals surface area contributed by atoms with Gasteiger partial charge in [0.25, 0.3) is 0 Å². The van der Waals surface area contributed by atoms with E-state index in [0.29, 0.717) is 12.3 Å². The highest BCUT2D eigenvalue weighted by atomic mass is 16.5. The number of fused-ring (bicyclic) bond motifs is 1. The van der Waals surface area contributed by atoms with Gasteiger partial charge in [-0.2, -0.15) is 0 Å². The van der Waals surface area contributed by atoms with Gasteiger partial charge < -0.3 is 15.0 Å². The predicted octanol–water partition coefficient (Wildman–Crippen LogP) is 2.66. The Morgan fingerprint density at radius 3 is 2.76 bits per heavy atom. The zero-order chi connectivity index (χ0) is 17.8. The van der Waals surface area contributed by atoms with Gasteiger partial charge in [-0.1, -0.05) is 0 Å². The van der Waals surface area contributed by atoms with Crippen molar-refractivity contribution in [2.24, 2.45) is 5.92 Å². The molecule has 6 nitrogen and oxygen atoms in total. The molecule has 1 aromatic carbocycles. The Morgan fingerprint density at radius 1 is 1.24 bits per heavy atom. The van der Waals surface area contributed by atoms with E-state index in [9.17, 15) is 14.4 Å².